The van der Waals surface area contributed by atoms with E-state index >= 15 is 0 Å². The summed E-state index contributed by atoms with van der Waals surface area (Å²) in [5.41, 5.74) is 7.25. The van der Waals surface area contributed by atoms with Crippen molar-refractivity contribution in [3.63, 3.8) is 0 Å². The van der Waals surface area contributed by atoms with Crippen LogP contribution in [0.4, 0.5) is 0 Å². The monoisotopic (exact) mass is 390 g/mol. The van der Waals surface area contributed by atoms with Gasteiger partial charge in [0.2, 0.25) is 0 Å². The number of hydrogen-bond donors (Lipinski definition) is 1. The quantitative estimate of drug-likeness (QED) is 0.488. The van der Waals surface area contributed by atoms with E-state index in [0.29, 0.717) is 10.8 Å². The minimum absolute atomic E-state index is 0.0554. The molecule has 1 aliphatic carbocycles. The highest BCUT2D eigenvalue weighted by Crippen LogP contribution is 2.35. The van der Waals surface area contributed by atoms with Gasteiger partial charge in [-0.05, 0) is 38.2 Å². The van der Waals surface area contributed by atoms with Crippen LogP contribution in [0, 0.1) is 5.92 Å². The fourth-order valence-corrected chi connectivity index (χ4v) is 3.13. The first-order chi connectivity index (χ1) is 13.0. The zero-order chi connectivity index (χ0) is 19.6. The molecule has 0 saturated heterocycles. The number of aliphatic imine (C=N–C) groups is 1. The molecule has 0 amide bonds. The normalized spacial score (nSPS) is 15.9. The number of hydrogen-bond acceptors (Lipinski definition) is 7. The predicted molar refractivity (Wildman–Crippen MR) is 107 cm³/mol. The van der Waals surface area contributed by atoms with E-state index in [2.05, 4.69) is 4.99 Å². The molecule has 1 atom stereocenters. The molecule has 27 heavy (non-hydrogen) atoms. The maximum atomic E-state index is 12.3. The van der Waals surface area contributed by atoms with Crippen molar-refractivity contribution in [3.8, 4) is 0 Å². The van der Waals surface area contributed by atoms with Gasteiger partial charge < -0.3 is 15.2 Å². The number of thioether (sulfide) groups is 1. The van der Waals surface area contributed by atoms with Crippen LogP contribution >= 0.6 is 11.8 Å². The third kappa shape index (κ3) is 7.09. The van der Waals surface area contributed by atoms with Crippen LogP contribution in [-0.4, -0.2) is 36.9 Å². The minimum Gasteiger partial charge on any atom is -0.464 e. The maximum absolute atomic E-state index is 12.3. The van der Waals surface area contributed by atoms with Gasteiger partial charge in [0, 0.05) is 11.8 Å². The first-order valence-electron chi connectivity index (χ1n) is 9.10. The van der Waals surface area contributed by atoms with Gasteiger partial charge in [-0.1, -0.05) is 30.3 Å². The summed E-state index contributed by atoms with van der Waals surface area (Å²) in [6, 6.07) is 9.19. The highest BCUT2D eigenvalue weighted by Gasteiger charge is 2.38. The molecule has 1 fully saturated rings. The van der Waals surface area contributed by atoms with Gasteiger partial charge in [0.15, 0.2) is 6.04 Å². The lowest BCUT2D eigenvalue weighted by Crippen LogP contribution is -2.28. The molecule has 7 heteroatoms. The topological polar surface area (TPSA) is 91.0 Å². The predicted octanol–water partition coefficient (Wildman–Crippen LogP) is 3.07. The van der Waals surface area contributed by atoms with Gasteiger partial charge in [0.1, 0.15) is 5.71 Å². The summed E-state index contributed by atoms with van der Waals surface area (Å²) in [5.74, 6) is -0.218. The average Bonchev–Trinajstić information content (AvgIpc) is 3.49. The van der Waals surface area contributed by atoms with E-state index in [1.54, 1.807) is 13.8 Å². The number of carbonyl (C=O) groups excluding carboxylic acids is 2. The second-order valence-corrected chi connectivity index (χ2v) is 7.14. The Morgan fingerprint density at radius 1 is 1.22 bits per heavy atom. The van der Waals surface area contributed by atoms with Gasteiger partial charge in [0.05, 0.1) is 18.2 Å². The van der Waals surface area contributed by atoms with E-state index in [1.807, 2.05) is 30.3 Å². The largest absolute Gasteiger partial charge is 0.464 e. The molecule has 1 aliphatic rings. The summed E-state index contributed by atoms with van der Waals surface area (Å²) in [6.45, 7) is 3.96. The maximum Gasteiger partial charge on any atom is 0.356 e. The first kappa shape index (κ1) is 21.0. The molecular weight excluding hydrogens is 364 g/mol. The Kier molecular flexibility index (Phi) is 8.39. The van der Waals surface area contributed by atoms with Crippen LogP contribution in [0.5, 0.6) is 0 Å². The van der Waals surface area contributed by atoms with E-state index in [0.717, 1.165) is 18.4 Å². The summed E-state index contributed by atoms with van der Waals surface area (Å²) in [5, 5.41) is 0.434. The van der Waals surface area contributed by atoms with Crippen molar-refractivity contribution in [1.29, 1.82) is 0 Å². The Balaban J connectivity index is 2.16. The van der Waals surface area contributed by atoms with E-state index in [1.165, 1.54) is 17.8 Å². The molecule has 1 unspecified atom stereocenters. The van der Waals surface area contributed by atoms with E-state index in [9.17, 15) is 9.59 Å². The number of ether oxygens (including phenoxy) is 2. The summed E-state index contributed by atoms with van der Waals surface area (Å²) in [6.07, 6.45) is 3.27. The van der Waals surface area contributed by atoms with Crippen molar-refractivity contribution in [1.82, 2.24) is 0 Å². The molecule has 0 bridgehead atoms. The Hall–Kier alpha value is -2.28. The fraction of sp³-hybridized carbons (Fsp3) is 0.450. The molecule has 0 aliphatic heterocycles. The van der Waals surface area contributed by atoms with E-state index in [4.69, 9.17) is 15.2 Å². The Morgan fingerprint density at radius 2 is 1.89 bits per heavy atom. The summed E-state index contributed by atoms with van der Waals surface area (Å²) in [4.78, 5) is 28.9. The lowest BCUT2D eigenvalue weighted by molar-refractivity contribution is -0.145. The summed E-state index contributed by atoms with van der Waals surface area (Å²) >= 11 is 1.40. The van der Waals surface area contributed by atoms with Crippen LogP contribution in [0.2, 0.25) is 0 Å². The lowest BCUT2D eigenvalue weighted by Gasteiger charge is -2.12. The highest BCUT2D eigenvalue weighted by molar-refractivity contribution is 8.02. The van der Waals surface area contributed by atoms with Gasteiger partial charge in [-0.3, -0.25) is 4.99 Å². The molecule has 2 rings (SSSR count). The Morgan fingerprint density at radius 3 is 2.48 bits per heavy atom. The summed E-state index contributed by atoms with van der Waals surface area (Å²) < 4.78 is 10.2. The van der Waals surface area contributed by atoms with Crippen LogP contribution in [-0.2, 0) is 24.8 Å². The molecule has 1 saturated carbocycles. The third-order valence-electron chi connectivity index (χ3n) is 3.89. The van der Waals surface area contributed by atoms with Crippen molar-refractivity contribution in [3.05, 3.63) is 47.0 Å². The summed E-state index contributed by atoms with van der Waals surface area (Å²) in [7, 11) is 0. The second kappa shape index (κ2) is 10.8. The lowest BCUT2D eigenvalue weighted by atomic mass is 10.2. The molecule has 0 radical (unpaired) electrons. The van der Waals surface area contributed by atoms with Gasteiger partial charge in [0.25, 0.3) is 0 Å². The molecule has 2 N–H and O–H groups in total. The molecule has 146 valence electrons. The molecular formula is C20H26N2O4S. The van der Waals surface area contributed by atoms with Crippen molar-refractivity contribution < 1.29 is 19.1 Å². The minimum atomic E-state index is -0.687. The van der Waals surface area contributed by atoms with Crippen LogP contribution in [0.3, 0.4) is 0 Å². The smallest absolute Gasteiger partial charge is 0.356 e. The second-order valence-electron chi connectivity index (χ2n) is 6.09. The van der Waals surface area contributed by atoms with Gasteiger partial charge >= 0.3 is 11.9 Å². The Labute approximate surface area is 164 Å². The zero-order valence-electron chi connectivity index (χ0n) is 15.7. The fourth-order valence-electron chi connectivity index (χ4n) is 2.41. The molecule has 6 nitrogen and oxygen atoms in total. The molecule has 0 heterocycles. The standard InChI is InChI=1S/C20H26N2O4S/c1-3-25-19(23)16(22-18(15-10-11-15)20(24)26-4-2)12-17(21)27-13-14-8-6-5-7-9-14/h5-9,12,15,18H,3-4,10-11,13,21H2,1-2H3. The number of carbonyl (C=O) groups is 2. The molecule has 1 aromatic carbocycles. The van der Waals surface area contributed by atoms with Gasteiger partial charge in [-0.15, -0.1) is 11.8 Å². The SMILES string of the molecule is CCOC(=O)C(C=C(N)SCc1ccccc1)=NC(C(=O)OCC)C1CC1. The number of esters is 2. The Bertz CT molecular complexity index is 699. The van der Waals surface area contributed by atoms with Crippen LogP contribution in [0.1, 0.15) is 32.3 Å². The van der Waals surface area contributed by atoms with E-state index < -0.39 is 18.0 Å². The number of benzene rings is 1. The van der Waals surface area contributed by atoms with Crippen molar-refractivity contribution >= 4 is 29.4 Å². The zero-order valence-corrected chi connectivity index (χ0v) is 16.5. The van der Waals surface area contributed by atoms with Crippen molar-refractivity contribution in [2.24, 2.45) is 16.6 Å². The van der Waals surface area contributed by atoms with Gasteiger partial charge in [-0.25, -0.2) is 9.59 Å². The first-order valence-corrected chi connectivity index (χ1v) is 10.1. The van der Waals surface area contributed by atoms with Crippen LogP contribution in [0.15, 0.2) is 46.4 Å². The van der Waals surface area contributed by atoms with E-state index in [-0.39, 0.29) is 24.8 Å². The van der Waals surface area contributed by atoms with Crippen molar-refractivity contribution in [2.75, 3.05) is 13.2 Å². The van der Waals surface area contributed by atoms with Crippen molar-refractivity contribution in [2.45, 2.75) is 38.5 Å². The van der Waals surface area contributed by atoms with Gasteiger partial charge in [-0.2, -0.15) is 0 Å². The molecule has 1 aromatic rings. The third-order valence-corrected chi connectivity index (χ3v) is 4.82. The number of nitrogens with zero attached hydrogens (tertiary/aromatic N) is 1. The van der Waals surface area contributed by atoms with Crippen LogP contribution < -0.4 is 5.73 Å². The molecule has 0 aromatic heterocycles. The average molecular weight is 391 g/mol. The number of nitrogens with two attached hydrogens (primary N) is 1. The van der Waals surface area contributed by atoms with Crippen LogP contribution in [0.25, 0.3) is 0 Å². The molecule has 0 spiro atoms. The number of rotatable bonds is 10. The highest BCUT2D eigenvalue weighted by atomic mass is 32.2.